The molecule has 94 valence electrons. The topological polar surface area (TPSA) is 46.0 Å². The molecule has 1 saturated heterocycles. The summed E-state index contributed by atoms with van der Waals surface area (Å²) in [6.45, 7) is 5.75. The lowest BCUT2D eigenvalue weighted by molar-refractivity contribution is 0.142. The third kappa shape index (κ3) is 2.21. The van der Waals surface area contributed by atoms with Crippen LogP contribution in [0.1, 0.15) is 25.7 Å². The first-order valence-corrected chi connectivity index (χ1v) is 6.67. The maximum atomic E-state index is 3.99. The number of rotatable bonds is 3. The molecule has 3 rings (SSSR count). The first-order valence-electron chi connectivity index (χ1n) is 6.67. The van der Waals surface area contributed by atoms with Crippen molar-refractivity contribution in [2.75, 3.05) is 32.7 Å². The number of hydrogen-bond acceptors (Lipinski definition) is 4. The van der Waals surface area contributed by atoms with Crippen molar-refractivity contribution in [3.63, 3.8) is 0 Å². The van der Waals surface area contributed by atoms with Crippen molar-refractivity contribution in [3.05, 3.63) is 12.7 Å². The van der Waals surface area contributed by atoms with Gasteiger partial charge in [-0.2, -0.15) is 0 Å². The molecule has 17 heavy (non-hydrogen) atoms. The second-order valence-electron chi connectivity index (χ2n) is 5.33. The van der Waals surface area contributed by atoms with E-state index in [1.807, 2.05) is 12.7 Å². The summed E-state index contributed by atoms with van der Waals surface area (Å²) in [6, 6.07) is 0. The monoisotopic (exact) mass is 235 g/mol. The molecule has 5 nitrogen and oxygen atoms in total. The van der Waals surface area contributed by atoms with Gasteiger partial charge >= 0.3 is 0 Å². The quantitative estimate of drug-likeness (QED) is 0.826. The van der Waals surface area contributed by atoms with Crippen LogP contribution in [0.5, 0.6) is 0 Å². The van der Waals surface area contributed by atoms with Gasteiger partial charge in [0.05, 0.1) is 5.54 Å². The Morgan fingerprint density at radius 2 is 1.71 bits per heavy atom. The molecule has 0 unspecified atom stereocenters. The fourth-order valence-corrected chi connectivity index (χ4v) is 3.26. The Morgan fingerprint density at radius 1 is 1.06 bits per heavy atom. The molecule has 1 saturated carbocycles. The normalized spacial score (nSPS) is 25.2. The van der Waals surface area contributed by atoms with E-state index in [0.717, 1.165) is 19.6 Å². The minimum atomic E-state index is 0.265. The molecule has 1 aromatic heterocycles. The summed E-state index contributed by atoms with van der Waals surface area (Å²) in [5.74, 6) is 0. The van der Waals surface area contributed by atoms with Crippen molar-refractivity contribution < 1.29 is 0 Å². The van der Waals surface area contributed by atoms with Crippen LogP contribution in [-0.4, -0.2) is 52.4 Å². The van der Waals surface area contributed by atoms with Gasteiger partial charge in [0.25, 0.3) is 0 Å². The highest BCUT2D eigenvalue weighted by molar-refractivity contribution is 4.95. The maximum Gasteiger partial charge on any atom is 0.119 e. The highest BCUT2D eigenvalue weighted by Gasteiger charge is 2.37. The predicted molar refractivity (Wildman–Crippen MR) is 65.8 cm³/mol. The molecule has 0 amide bonds. The van der Waals surface area contributed by atoms with Gasteiger partial charge in [-0.15, -0.1) is 10.2 Å². The van der Waals surface area contributed by atoms with Gasteiger partial charge < -0.3 is 9.88 Å². The van der Waals surface area contributed by atoms with E-state index in [2.05, 4.69) is 25.0 Å². The van der Waals surface area contributed by atoms with E-state index in [4.69, 9.17) is 0 Å². The summed E-state index contributed by atoms with van der Waals surface area (Å²) < 4.78 is 2.25. The van der Waals surface area contributed by atoms with Crippen LogP contribution in [-0.2, 0) is 5.54 Å². The number of nitrogens with one attached hydrogen (secondary N) is 1. The van der Waals surface area contributed by atoms with E-state index in [-0.39, 0.29) is 5.54 Å². The van der Waals surface area contributed by atoms with Gasteiger partial charge in [-0.25, -0.2) is 0 Å². The molecule has 0 atom stereocenters. The summed E-state index contributed by atoms with van der Waals surface area (Å²) in [7, 11) is 0. The largest absolute Gasteiger partial charge is 0.314 e. The van der Waals surface area contributed by atoms with Crippen LogP contribution >= 0.6 is 0 Å². The van der Waals surface area contributed by atoms with E-state index in [1.54, 1.807) is 0 Å². The zero-order chi connectivity index (χ0) is 11.6. The van der Waals surface area contributed by atoms with Gasteiger partial charge in [0.15, 0.2) is 0 Å². The molecule has 0 aromatic carbocycles. The third-order valence-corrected chi connectivity index (χ3v) is 4.23. The highest BCUT2D eigenvalue weighted by Crippen LogP contribution is 2.37. The Bertz CT molecular complexity index is 336. The number of aromatic nitrogens is 3. The number of hydrogen-bond donors (Lipinski definition) is 1. The van der Waals surface area contributed by atoms with Gasteiger partial charge in [-0.3, -0.25) is 4.90 Å². The van der Waals surface area contributed by atoms with Crippen LogP contribution in [0.15, 0.2) is 12.7 Å². The summed E-state index contributed by atoms with van der Waals surface area (Å²) in [5.41, 5.74) is 0.265. The molecule has 0 spiro atoms. The first-order chi connectivity index (χ1) is 8.39. The summed E-state index contributed by atoms with van der Waals surface area (Å²) in [4.78, 5) is 2.59. The Kier molecular flexibility index (Phi) is 3.11. The van der Waals surface area contributed by atoms with Crippen LogP contribution in [0.25, 0.3) is 0 Å². The molecule has 2 heterocycles. The van der Waals surface area contributed by atoms with Crippen LogP contribution < -0.4 is 5.32 Å². The van der Waals surface area contributed by atoms with Gasteiger partial charge in [-0.1, -0.05) is 12.8 Å². The van der Waals surface area contributed by atoms with Gasteiger partial charge in [0.1, 0.15) is 12.7 Å². The van der Waals surface area contributed by atoms with Crippen LogP contribution in [0, 0.1) is 0 Å². The molecule has 0 bridgehead atoms. The molecule has 5 heteroatoms. The molecule has 2 fully saturated rings. The van der Waals surface area contributed by atoms with Crippen LogP contribution in [0.2, 0.25) is 0 Å². The van der Waals surface area contributed by atoms with E-state index in [1.165, 1.54) is 38.8 Å². The Hall–Kier alpha value is -0.940. The SMILES string of the molecule is c1nncn1C1(CN2CCNCC2)CCCC1. The highest BCUT2D eigenvalue weighted by atomic mass is 15.3. The van der Waals surface area contributed by atoms with Crippen molar-refractivity contribution in [3.8, 4) is 0 Å². The van der Waals surface area contributed by atoms with Gasteiger partial charge in [0.2, 0.25) is 0 Å². The zero-order valence-corrected chi connectivity index (χ0v) is 10.3. The van der Waals surface area contributed by atoms with Crippen molar-refractivity contribution in [2.45, 2.75) is 31.2 Å². The van der Waals surface area contributed by atoms with Gasteiger partial charge in [0, 0.05) is 32.7 Å². The maximum absolute atomic E-state index is 3.99. The van der Waals surface area contributed by atoms with Crippen molar-refractivity contribution in [1.29, 1.82) is 0 Å². The Balaban J connectivity index is 1.75. The first kappa shape index (κ1) is 11.2. The summed E-state index contributed by atoms with van der Waals surface area (Å²) in [6.07, 6.45) is 9.01. The molecule has 1 aliphatic heterocycles. The lowest BCUT2D eigenvalue weighted by Gasteiger charge is -2.38. The lowest BCUT2D eigenvalue weighted by atomic mass is 9.96. The van der Waals surface area contributed by atoms with E-state index < -0.39 is 0 Å². The lowest BCUT2D eigenvalue weighted by Crippen LogP contribution is -2.50. The third-order valence-electron chi connectivity index (χ3n) is 4.23. The second kappa shape index (κ2) is 4.74. The predicted octanol–water partition coefficient (Wildman–Crippen LogP) is 0.453. The molecular formula is C12H21N5. The molecule has 1 aromatic rings. The van der Waals surface area contributed by atoms with Crippen molar-refractivity contribution in [2.24, 2.45) is 0 Å². The summed E-state index contributed by atoms with van der Waals surface area (Å²) in [5, 5.41) is 11.4. The fraction of sp³-hybridized carbons (Fsp3) is 0.833. The molecule has 1 N–H and O–H groups in total. The Labute approximate surface area is 102 Å². The van der Waals surface area contributed by atoms with Gasteiger partial charge in [-0.05, 0) is 12.8 Å². The van der Waals surface area contributed by atoms with Crippen molar-refractivity contribution in [1.82, 2.24) is 25.0 Å². The summed E-state index contributed by atoms with van der Waals surface area (Å²) >= 11 is 0. The smallest absolute Gasteiger partial charge is 0.119 e. The Morgan fingerprint density at radius 3 is 2.35 bits per heavy atom. The van der Waals surface area contributed by atoms with E-state index in [9.17, 15) is 0 Å². The molecular weight excluding hydrogens is 214 g/mol. The van der Waals surface area contributed by atoms with Crippen LogP contribution in [0.3, 0.4) is 0 Å². The number of piperazine rings is 1. The second-order valence-corrected chi connectivity index (χ2v) is 5.33. The standard InChI is InChI=1S/C12H21N5/c1-2-4-12(3-1,17-10-14-15-11-17)9-16-7-5-13-6-8-16/h10-11,13H,1-9H2. The minimum absolute atomic E-state index is 0.265. The average molecular weight is 235 g/mol. The van der Waals surface area contributed by atoms with E-state index >= 15 is 0 Å². The zero-order valence-electron chi connectivity index (χ0n) is 10.3. The fourth-order valence-electron chi connectivity index (χ4n) is 3.26. The van der Waals surface area contributed by atoms with Crippen LogP contribution in [0.4, 0.5) is 0 Å². The number of nitrogens with zero attached hydrogens (tertiary/aromatic N) is 4. The molecule has 1 aliphatic carbocycles. The minimum Gasteiger partial charge on any atom is -0.314 e. The average Bonchev–Trinajstić information content (AvgIpc) is 3.01. The van der Waals surface area contributed by atoms with E-state index in [0.29, 0.717) is 0 Å². The molecule has 2 aliphatic rings. The van der Waals surface area contributed by atoms with Crippen molar-refractivity contribution >= 4 is 0 Å². The molecule has 0 radical (unpaired) electrons.